The maximum Gasteiger partial charge on any atom is 0.0366 e. The summed E-state index contributed by atoms with van der Waals surface area (Å²) in [6, 6.07) is 8.70. The second-order valence-electron chi connectivity index (χ2n) is 4.47. The Morgan fingerprint density at radius 1 is 1.12 bits per heavy atom. The maximum atomic E-state index is 6.02. The molecule has 1 aromatic rings. The molecule has 4 heteroatoms. The van der Waals surface area contributed by atoms with Crippen molar-refractivity contribution >= 4 is 18.1 Å². The lowest BCUT2D eigenvalue weighted by atomic mass is 10.0. The van der Waals surface area contributed by atoms with Gasteiger partial charge in [0.25, 0.3) is 0 Å². The van der Waals surface area contributed by atoms with Crippen LogP contribution in [0.1, 0.15) is 30.9 Å². The summed E-state index contributed by atoms with van der Waals surface area (Å²) in [6.45, 7) is 3.03. The van der Waals surface area contributed by atoms with Crippen molar-refractivity contribution in [3.63, 3.8) is 0 Å². The van der Waals surface area contributed by atoms with E-state index in [4.69, 9.17) is 11.5 Å². The van der Waals surface area contributed by atoms with Gasteiger partial charge in [-0.25, -0.2) is 0 Å². The lowest BCUT2D eigenvalue weighted by Crippen LogP contribution is -2.18. The minimum absolute atomic E-state index is 0. The maximum absolute atomic E-state index is 6.02. The Hall–Kier alpha value is -0.770. The number of rotatable bonds is 4. The van der Waals surface area contributed by atoms with Crippen LogP contribution in [0.3, 0.4) is 0 Å². The topological polar surface area (TPSA) is 55.3 Å². The lowest BCUT2D eigenvalue weighted by molar-refractivity contribution is 0.661. The van der Waals surface area contributed by atoms with Crippen LogP contribution in [0.15, 0.2) is 24.3 Å². The van der Waals surface area contributed by atoms with Crippen LogP contribution >= 0.6 is 12.4 Å². The minimum atomic E-state index is 0. The summed E-state index contributed by atoms with van der Waals surface area (Å²) < 4.78 is 0. The largest absolute Gasteiger partial charge is 0.372 e. The Labute approximate surface area is 110 Å². The van der Waals surface area contributed by atoms with E-state index in [-0.39, 0.29) is 18.4 Å². The van der Waals surface area contributed by atoms with Gasteiger partial charge in [0.1, 0.15) is 0 Å². The molecule has 0 bridgehead atoms. The van der Waals surface area contributed by atoms with Gasteiger partial charge < -0.3 is 16.4 Å². The number of halogens is 1. The third kappa shape index (κ3) is 3.60. The zero-order valence-corrected chi connectivity index (χ0v) is 11.0. The molecule has 0 spiro atoms. The van der Waals surface area contributed by atoms with E-state index in [1.807, 2.05) is 0 Å². The van der Waals surface area contributed by atoms with E-state index in [0.717, 1.165) is 6.42 Å². The molecule has 1 aromatic carbocycles. The zero-order chi connectivity index (χ0) is 11.4. The van der Waals surface area contributed by atoms with Crippen molar-refractivity contribution in [3.8, 4) is 0 Å². The molecule has 0 radical (unpaired) electrons. The molecule has 1 fully saturated rings. The number of anilines is 1. The normalized spacial score (nSPS) is 16.7. The van der Waals surface area contributed by atoms with Gasteiger partial charge in [-0.05, 0) is 43.5 Å². The average molecular weight is 256 g/mol. The Kier molecular flexibility index (Phi) is 5.75. The van der Waals surface area contributed by atoms with Crippen molar-refractivity contribution in [1.82, 2.24) is 0 Å². The van der Waals surface area contributed by atoms with Crippen LogP contribution in [0.25, 0.3) is 0 Å². The number of hydrogen-bond acceptors (Lipinski definition) is 3. The summed E-state index contributed by atoms with van der Waals surface area (Å²) in [7, 11) is 0. The van der Waals surface area contributed by atoms with Crippen LogP contribution in [0, 0.1) is 0 Å². The molecule has 0 amide bonds. The van der Waals surface area contributed by atoms with E-state index in [0.29, 0.717) is 6.54 Å². The first kappa shape index (κ1) is 14.3. The Balaban J connectivity index is 0.00000144. The first-order valence-electron chi connectivity index (χ1n) is 6.12. The summed E-state index contributed by atoms with van der Waals surface area (Å²) in [4.78, 5) is 2.43. The fourth-order valence-corrected chi connectivity index (χ4v) is 2.25. The SMILES string of the molecule is Cl.NCC[C@@H](N)c1ccc(N2CCCC2)cc1. The van der Waals surface area contributed by atoms with Crippen molar-refractivity contribution < 1.29 is 0 Å². The third-order valence-corrected chi connectivity index (χ3v) is 3.27. The summed E-state index contributed by atoms with van der Waals surface area (Å²) in [5.74, 6) is 0. The minimum Gasteiger partial charge on any atom is -0.372 e. The number of nitrogens with two attached hydrogens (primary N) is 2. The van der Waals surface area contributed by atoms with Crippen molar-refractivity contribution in [2.45, 2.75) is 25.3 Å². The van der Waals surface area contributed by atoms with Crippen LogP contribution < -0.4 is 16.4 Å². The Bertz CT molecular complexity index is 320. The fraction of sp³-hybridized carbons (Fsp3) is 0.538. The van der Waals surface area contributed by atoms with Crippen LogP contribution in [0.5, 0.6) is 0 Å². The highest BCUT2D eigenvalue weighted by molar-refractivity contribution is 5.85. The predicted octanol–water partition coefficient (Wildman–Crippen LogP) is 2.06. The van der Waals surface area contributed by atoms with E-state index >= 15 is 0 Å². The molecule has 96 valence electrons. The summed E-state index contributed by atoms with van der Waals surface area (Å²) in [5, 5.41) is 0. The predicted molar refractivity (Wildman–Crippen MR) is 75.7 cm³/mol. The van der Waals surface area contributed by atoms with Crippen LogP contribution in [0.4, 0.5) is 5.69 Å². The number of benzene rings is 1. The molecule has 17 heavy (non-hydrogen) atoms. The van der Waals surface area contributed by atoms with Crippen molar-refractivity contribution in [2.75, 3.05) is 24.5 Å². The van der Waals surface area contributed by atoms with E-state index in [2.05, 4.69) is 29.2 Å². The van der Waals surface area contributed by atoms with E-state index < -0.39 is 0 Å². The lowest BCUT2D eigenvalue weighted by Gasteiger charge is -2.18. The Morgan fingerprint density at radius 2 is 1.71 bits per heavy atom. The van der Waals surface area contributed by atoms with E-state index in [1.165, 1.54) is 37.2 Å². The Morgan fingerprint density at radius 3 is 2.24 bits per heavy atom. The first-order chi connectivity index (χ1) is 7.81. The summed E-state index contributed by atoms with van der Waals surface area (Å²) >= 11 is 0. The van der Waals surface area contributed by atoms with Crippen molar-refractivity contribution in [1.29, 1.82) is 0 Å². The molecule has 1 saturated heterocycles. The van der Waals surface area contributed by atoms with Gasteiger partial charge in [0, 0.05) is 24.8 Å². The summed E-state index contributed by atoms with van der Waals surface area (Å²) in [5.41, 5.74) is 14.0. The highest BCUT2D eigenvalue weighted by Gasteiger charge is 2.12. The molecule has 3 nitrogen and oxygen atoms in total. The summed E-state index contributed by atoms with van der Waals surface area (Å²) in [6.07, 6.45) is 3.48. The van der Waals surface area contributed by atoms with Gasteiger partial charge in [-0.1, -0.05) is 12.1 Å². The van der Waals surface area contributed by atoms with Gasteiger partial charge in [0.2, 0.25) is 0 Å². The molecule has 1 heterocycles. The van der Waals surface area contributed by atoms with Gasteiger partial charge in [-0.2, -0.15) is 0 Å². The highest BCUT2D eigenvalue weighted by atomic mass is 35.5. The van der Waals surface area contributed by atoms with E-state index in [1.54, 1.807) is 0 Å². The van der Waals surface area contributed by atoms with Crippen LogP contribution in [-0.4, -0.2) is 19.6 Å². The van der Waals surface area contributed by atoms with Gasteiger partial charge in [-0.3, -0.25) is 0 Å². The first-order valence-corrected chi connectivity index (χ1v) is 6.12. The third-order valence-electron chi connectivity index (χ3n) is 3.27. The molecule has 0 aliphatic carbocycles. The monoisotopic (exact) mass is 255 g/mol. The molecule has 0 aromatic heterocycles. The van der Waals surface area contributed by atoms with Gasteiger partial charge in [0.05, 0.1) is 0 Å². The molecule has 1 aliphatic heterocycles. The molecule has 1 aliphatic rings. The number of hydrogen-bond donors (Lipinski definition) is 2. The molecule has 0 unspecified atom stereocenters. The zero-order valence-electron chi connectivity index (χ0n) is 10.1. The van der Waals surface area contributed by atoms with Crippen LogP contribution in [0.2, 0.25) is 0 Å². The second-order valence-corrected chi connectivity index (χ2v) is 4.47. The molecule has 1 atom stereocenters. The van der Waals surface area contributed by atoms with Crippen molar-refractivity contribution in [3.05, 3.63) is 29.8 Å². The molecule has 2 rings (SSSR count). The molecule has 4 N–H and O–H groups in total. The van der Waals surface area contributed by atoms with Gasteiger partial charge in [0.15, 0.2) is 0 Å². The quantitative estimate of drug-likeness (QED) is 0.866. The highest BCUT2D eigenvalue weighted by Crippen LogP contribution is 2.22. The molecular formula is C13H22ClN3. The van der Waals surface area contributed by atoms with Gasteiger partial charge >= 0.3 is 0 Å². The number of nitrogens with zero attached hydrogens (tertiary/aromatic N) is 1. The second kappa shape index (κ2) is 6.84. The van der Waals surface area contributed by atoms with Crippen LogP contribution in [-0.2, 0) is 0 Å². The van der Waals surface area contributed by atoms with Crippen molar-refractivity contribution in [2.24, 2.45) is 11.5 Å². The van der Waals surface area contributed by atoms with E-state index in [9.17, 15) is 0 Å². The molecule has 0 saturated carbocycles. The standard InChI is InChI=1S/C13H21N3.ClH/c14-8-7-13(15)11-3-5-12(6-4-11)16-9-1-2-10-16;/h3-6,13H,1-2,7-10,14-15H2;1H/t13-;/m1./s1. The smallest absolute Gasteiger partial charge is 0.0366 e. The average Bonchev–Trinajstić information content (AvgIpc) is 2.83. The molecular weight excluding hydrogens is 234 g/mol. The van der Waals surface area contributed by atoms with Gasteiger partial charge in [-0.15, -0.1) is 12.4 Å². The fourth-order valence-electron chi connectivity index (χ4n) is 2.25.